The summed E-state index contributed by atoms with van der Waals surface area (Å²) < 4.78 is 2.16. The lowest BCUT2D eigenvalue weighted by atomic mass is 9.89. The molecule has 1 fully saturated rings. The van der Waals surface area contributed by atoms with E-state index in [4.69, 9.17) is 4.98 Å². The summed E-state index contributed by atoms with van der Waals surface area (Å²) in [4.78, 5) is 29.9. The third-order valence-corrected chi connectivity index (χ3v) is 7.93. The van der Waals surface area contributed by atoms with Crippen molar-refractivity contribution in [2.24, 2.45) is 5.92 Å². The van der Waals surface area contributed by atoms with E-state index in [1.54, 1.807) is 12.1 Å². The van der Waals surface area contributed by atoms with Crippen molar-refractivity contribution in [2.45, 2.75) is 65.2 Å². The van der Waals surface area contributed by atoms with Crippen LogP contribution in [0, 0.1) is 12.8 Å². The lowest BCUT2D eigenvalue weighted by molar-refractivity contribution is 0.0697. The first-order valence-electron chi connectivity index (χ1n) is 14.2. The van der Waals surface area contributed by atoms with Gasteiger partial charge < -0.3 is 10.4 Å². The van der Waals surface area contributed by atoms with Crippen LogP contribution in [-0.2, 0) is 6.42 Å². The number of aromatic carboxylic acids is 1. The number of imidazole rings is 1. The molecule has 5 rings (SSSR count). The highest BCUT2D eigenvalue weighted by molar-refractivity contribution is 5.98. The van der Waals surface area contributed by atoms with E-state index in [9.17, 15) is 14.7 Å². The SMILES string of the molecule is CCCCc1nc2ccc(C(=O)NCC3CCCCC3)cc2n1-c1ccc(-c2ccccc2C(=O)O)c(C)c1. The summed E-state index contributed by atoms with van der Waals surface area (Å²) in [7, 11) is 0. The van der Waals surface area contributed by atoms with Gasteiger partial charge in [-0.2, -0.15) is 0 Å². The molecule has 0 saturated heterocycles. The minimum Gasteiger partial charge on any atom is -0.478 e. The molecule has 39 heavy (non-hydrogen) atoms. The molecule has 4 aromatic rings. The van der Waals surface area contributed by atoms with Crippen LogP contribution in [0.5, 0.6) is 0 Å². The summed E-state index contributed by atoms with van der Waals surface area (Å²) >= 11 is 0. The lowest BCUT2D eigenvalue weighted by Gasteiger charge is -2.21. The van der Waals surface area contributed by atoms with Gasteiger partial charge >= 0.3 is 5.97 Å². The number of carboxylic acid groups (broad SMARTS) is 1. The van der Waals surface area contributed by atoms with E-state index in [1.807, 2.05) is 49.4 Å². The van der Waals surface area contributed by atoms with Gasteiger partial charge in [0, 0.05) is 24.2 Å². The summed E-state index contributed by atoms with van der Waals surface area (Å²) in [5.74, 6) is 0.558. The van der Waals surface area contributed by atoms with Crippen molar-refractivity contribution >= 4 is 22.9 Å². The molecule has 1 saturated carbocycles. The number of nitrogens with one attached hydrogen (secondary N) is 1. The maximum Gasteiger partial charge on any atom is 0.336 e. The second kappa shape index (κ2) is 11.9. The number of amides is 1. The van der Waals surface area contributed by atoms with Crippen LogP contribution in [0.25, 0.3) is 27.8 Å². The molecule has 1 amide bonds. The van der Waals surface area contributed by atoms with Gasteiger partial charge in [-0.05, 0) is 85.2 Å². The summed E-state index contributed by atoms with van der Waals surface area (Å²) in [6.07, 6.45) is 9.11. The Labute approximate surface area is 230 Å². The first-order valence-corrected chi connectivity index (χ1v) is 14.2. The second-order valence-electron chi connectivity index (χ2n) is 10.7. The summed E-state index contributed by atoms with van der Waals surface area (Å²) in [5.41, 5.74) is 6.22. The summed E-state index contributed by atoms with van der Waals surface area (Å²) in [6.45, 7) is 4.91. The number of unbranched alkanes of at least 4 members (excludes halogenated alkanes) is 1. The Morgan fingerprint density at radius 1 is 1.00 bits per heavy atom. The topological polar surface area (TPSA) is 84.2 Å². The third-order valence-electron chi connectivity index (χ3n) is 7.93. The molecule has 2 N–H and O–H groups in total. The normalized spacial score (nSPS) is 14.0. The maximum atomic E-state index is 13.1. The van der Waals surface area contributed by atoms with Gasteiger partial charge in [0.25, 0.3) is 5.91 Å². The number of carboxylic acids is 1. The largest absolute Gasteiger partial charge is 0.478 e. The zero-order chi connectivity index (χ0) is 27.4. The van der Waals surface area contributed by atoms with Gasteiger partial charge in [0.1, 0.15) is 5.82 Å². The van der Waals surface area contributed by atoms with Crippen LogP contribution in [0.4, 0.5) is 0 Å². The van der Waals surface area contributed by atoms with E-state index in [-0.39, 0.29) is 11.5 Å². The van der Waals surface area contributed by atoms with E-state index in [2.05, 4.69) is 22.9 Å². The molecule has 1 aliphatic rings. The van der Waals surface area contributed by atoms with Crippen molar-refractivity contribution in [3.63, 3.8) is 0 Å². The van der Waals surface area contributed by atoms with Crippen LogP contribution in [0.3, 0.4) is 0 Å². The molecule has 0 unspecified atom stereocenters. The Bertz CT molecular complexity index is 1500. The van der Waals surface area contributed by atoms with Crippen LogP contribution >= 0.6 is 0 Å². The van der Waals surface area contributed by atoms with Crippen molar-refractivity contribution in [3.05, 3.63) is 83.2 Å². The Kier molecular flexibility index (Phi) is 8.10. The number of fused-ring (bicyclic) bond motifs is 1. The average Bonchev–Trinajstić information content (AvgIpc) is 3.32. The molecule has 1 heterocycles. The highest BCUT2D eigenvalue weighted by Crippen LogP contribution is 2.31. The van der Waals surface area contributed by atoms with Crippen LogP contribution in [0.15, 0.2) is 60.7 Å². The van der Waals surface area contributed by atoms with Crippen molar-refractivity contribution < 1.29 is 14.7 Å². The molecule has 3 aromatic carbocycles. The van der Waals surface area contributed by atoms with Crippen LogP contribution < -0.4 is 5.32 Å². The maximum absolute atomic E-state index is 13.1. The standard InChI is InChI=1S/C33H37N3O3/c1-3-4-14-31-35-29-18-15-24(32(37)34-21-23-10-6-5-7-11-23)20-30(29)36(31)25-16-17-26(22(2)19-25)27-12-8-9-13-28(27)33(38)39/h8-9,12-13,15-20,23H,3-7,10-11,14,21H2,1-2H3,(H,34,37)(H,38,39). The molecule has 0 spiro atoms. The summed E-state index contributed by atoms with van der Waals surface area (Å²) in [5, 5.41) is 12.9. The number of nitrogens with zero attached hydrogens (tertiary/aromatic N) is 2. The smallest absolute Gasteiger partial charge is 0.336 e. The molecule has 202 valence electrons. The highest BCUT2D eigenvalue weighted by atomic mass is 16.4. The number of aromatic nitrogens is 2. The van der Waals surface area contributed by atoms with Gasteiger partial charge in [-0.25, -0.2) is 9.78 Å². The monoisotopic (exact) mass is 523 g/mol. The number of benzene rings is 3. The van der Waals surface area contributed by atoms with Crippen molar-refractivity contribution in [2.75, 3.05) is 6.54 Å². The average molecular weight is 524 g/mol. The number of hydrogen-bond donors (Lipinski definition) is 2. The van der Waals surface area contributed by atoms with E-state index in [1.165, 1.54) is 32.1 Å². The molecule has 1 aliphatic carbocycles. The Morgan fingerprint density at radius 2 is 1.79 bits per heavy atom. The molecule has 6 nitrogen and oxygen atoms in total. The number of hydrogen-bond acceptors (Lipinski definition) is 3. The minimum absolute atomic E-state index is 0.0397. The molecular weight excluding hydrogens is 486 g/mol. The number of carbonyl (C=O) groups excluding carboxylic acids is 1. The molecule has 0 radical (unpaired) electrons. The predicted molar refractivity (Wildman–Crippen MR) is 156 cm³/mol. The molecule has 1 aromatic heterocycles. The first kappa shape index (κ1) is 26.7. The van der Waals surface area contributed by atoms with Gasteiger partial charge in [0.05, 0.1) is 16.6 Å². The van der Waals surface area contributed by atoms with Crippen LogP contribution in [0.2, 0.25) is 0 Å². The van der Waals surface area contributed by atoms with Crippen LogP contribution in [-0.4, -0.2) is 33.1 Å². The lowest BCUT2D eigenvalue weighted by Crippen LogP contribution is -2.30. The molecule has 0 atom stereocenters. The summed E-state index contributed by atoms with van der Waals surface area (Å²) in [6, 6.07) is 19.0. The van der Waals surface area contributed by atoms with Gasteiger partial charge in [-0.15, -0.1) is 0 Å². The van der Waals surface area contributed by atoms with E-state index in [0.717, 1.165) is 59.5 Å². The molecular formula is C33H37N3O3. The fraction of sp³-hybridized carbons (Fsp3) is 0.364. The van der Waals surface area contributed by atoms with Crippen molar-refractivity contribution in [1.29, 1.82) is 0 Å². The zero-order valence-electron chi connectivity index (χ0n) is 22.9. The van der Waals surface area contributed by atoms with E-state index >= 15 is 0 Å². The second-order valence-corrected chi connectivity index (χ2v) is 10.7. The molecule has 0 aliphatic heterocycles. The Hall–Kier alpha value is -3.93. The fourth-order valence-electron chi connectivity index (χ4n) is 5.78. The van der Waals surface area contributed by atoms with Crippen molar-refractivity contribution in [1.82, 2.24) is 14.9 Å². The predicted octanol–water partition coefficient (Wildman–Crippen LogP) is 7.35. The quantitative estimate of drug-likeness (QED) is 0.240. The van der Waals surface area contributed by atoms with Gasteiger partial charge in [0.2, 0.25) is 0 Å². The highest BCUT2D eigenvalue weighted by Gasteiger charge is 2.19. The Balaban J connectivity index is 1.51. The van der Waals surface area contributed by atoms with Gasteiger partial charge in [-0.3, -0.25) is 9.36 Å². The zero-order valence-corrected chi connectivity index (χ0v) is 22.9. The van der Waals surface area contributed by atoms with Gasteiger partial charge in [0.15, 0.2) is 0 Å². The third kappa shape index (κ3) is 5.75. The van der Waals surface area contributed by atoms with E-state index < -0.39 is 5.97 Å². The molecule has 6 heteroatoms. The van der Waals surface area contributed by atoms with Crippen LogP contribution in [0.1, 0.15) is 84.0 Å². The number of aryl methyl sites for hydroxylation is 2. The molecule has 0 bridgehead atoms. The minimum atomic E-state index is -0.939. The van der Waals surface area contributed by atoms with Crippen molar-refractivity contribution in [3.8, 4) is 16.8 Å². The fourth-order valence-corrected chi connectivity index (χ4v) is 5.78. The number of rotatable bonds is 9. The van der Waals surface area contributed by atoms with E-state index in [0.29, 0.717) is 17.0 Å². The first-order chi connectivity index (χ1) is 19.0. The van der Waals surface area contributed by atoms with Gasteiger partial charge in [-0.1, -0.05) is 56.9 Å². The Morgan fingerprint density at radius 3 is 2.54 bits per heavy atom. The number of carbonyl (C=O) groups is 2.